The molecule has 0 spiro atoms. The summed E-state index contributed by atoms with van der Waals surface area (Å²) in [6.07, 6.45) is 0. The zero-order valence-electron chi connectivity index (χ0n) is 13.5. The molecule has 0 saturated heterocycles. The number of esters is 1. The lowest BCUT2D eigenvalue weighted by atomic mass is 10.1. The number of ether oxygens (including phenoxy) is 1. The van der Waals surface area contributed by atoms with Crippen LogP contribution in [0.4, 0.5) is 5.69 Å². The number of carbonyl (C=O) groups excluding carboxylic acids is 2. The van der Waals surface area contributed by atoms with Crippen molar-refractivity contribution in [2.75, 3.05) is 18.0 Å². The highest BCUT2D eigenvalue weighted by Crippen LogP contribution is 2.34. The van der Waals surface area contributed by atoms with Crippen molar-refractivity contribution >= 4 is 35.1 Å². The van der Waals surface area contributed by atoms with Gasteiger partial charge in [-0.2, -0.15) is 0 Å². The molecular formula is C18H15ClN2O5. The van der Waals surface area contributed by atoms with E-state index in [4.69, 9.17) is 16.3 Å². The summed E-state index contributed by atoms with van der Waals surface area (Å²) < 4.78 is 5.12. The largest absolute Gasteiger partial charge is 0.479 e. The molecule has 0 aliphatic carbocycles. The van der Waals surface area contributed by atoms with Crippen molar-refractivity contribution in [1.29, 1.82) is 0 Å². The van der Waals surface area contributed by atoms with Crippen LogP contribution in [0, 0.1) is 0 Å². The minimum absolute atomic E-state index is 0.135. The first-order valence-electron chi connectivity index (χ1n) is 7.76. The van der Waals surface area contributed by atoms with Crippen molar-refractivity contribution in [2.45, 2.75) is 6.04 Å². The molecule has 0 fully saturated rings. The zero-order valence-corrected chi connectivity index (χ0v) is 14.3. The summed E-state index contributed by atoms with van der Waals surface area (Å²) in [4.78, 5) is 37.1. The molecule has 3 rings (SSSR count). The van der Waals surface area contributed by atoms with E-state index in [2.05, 4.69) is 5.32 Å². The predicted molar refractivity (Wildman–Crippen MR) is 94.3 cm³/mol. The average Bonchev–Trinajstić information content (AvgIpc) is 2.60. The molecule has 0 radical (unpaired) electrons. The Hall–Kier alpha value is -3.06. The number of carboxylic acid groups (broad SMARTS) is 1. The van der Waals surface area contributed by atoms with E-state index in [-0.39, 0.29) is 13.1 Å². The van der Waals surface area contributed by atoms with Gasteiger partial charge in [0.1, 0.15) is 6.54 Å². The van der Waals surface area contributed by atoms with Crippen LogP contribution in [0.3, 0.4) is 0 Å². The number of aliphatic carboxylic acids is 1. The van der Waals surface area contributed by atoms with Crippen molar-refractivity contribution < 1.29 is 24.2 Å². The van der Waals surface area contributed by atoms with Gasteiger partial charge in [-0.25, -0.2) is 9.59 Å². The van der Waals surface area contributed by atoms with Gasteiger partial charge in [-0.15, -0.1) is 0 Å². The van der Waals surface area contributed by atoms with Crippen LogP contribution < -0.4 is 15.0 Å². The molecule has 1 heterocycles. The number of carboxylic acids is 1. The molecule has 1 atom stereocenters. The fraction of sp³-hybridized carbons (Fsp3) is 0.167. The number of nitrogens with one attached hydrogen (secondary N) is 1. The van der Waals surface area contributed by atoms with Crippen LogP contribution in [0.25, 0.3) is 0 Å². The second-order valence-corrected chi connectivity index (χ2v) is 6.13. The van der Waals surface area contributed by atoms with Crippen LogP contribution in [0.2, 0.25) is 5.02 Å². The second-order valence-electron chi connectivity index (χ2n) is 5.69. The number of benzene rings is 2. The molecule has 7 nitrogen and oxygen atoms in total. The normalized spacial score (nSPS) is 14.2. The van der Waals surface area contributed by atoms with Gasteiger partial charge in [0.15, 0.2) is 11.8 Å². The molecule has 2 N–H and O–H groups in total. The van der Waals surface area contributed by atoms with E-state index in [0.717, 1.165) is 0 Å². The standard InChI is InChI=1S/C18H15ClN2O5/c19-12-6-7-14-13(8-12)21(10-16(23)26-14)9-15(22)20-17(18(24)25)11-4-2-1-3-5-11/h1-8,17H,9-10H2,(H,20,22)(H,24,25). The molecule has 2 aromatic carbocycles. The lowest BCUT2D eigenvalue weighted by Gasteiger charge is -2.29. The van der Waals surface area contributed by atoms with Crippen LogP contribution in [0.5, 0.6) is 5.75 Å². The first-order valence-corrected chi connectivity index (χ1v) is 8.14. The van der Waals surface area contributed by atoms with Crippen molar-refractivity contribution in [2.24, 2.45) is 0 Å². The van der Waals surface area contributed by atoms with Gasteiger partial charge in [0.05, 0.1) is 12.2 Å². The van der Waals surface area contributed by atoms with Crippen molar-refractivity contribution in [1.82, 2.24) is 5.32 Å². The molecule has 26 heavy (non-hydrogen) atoms. The Morgan fingerprint density at radius 2 is 1.96 bits per heavy atom. The maximum Gasteiger partial charge on any atom is 0.331 e. The number of fused-ring (bicyclic) bond motifs is 1. The summed E-state index contributed by atoms with van der Waals surface area (Å²) in [7, 11) is 0. The van der Waals surface area contributed by atoms with E-state index in [9.17, 15) is 19.5 Å². The first-order chi connectivity index (χ1) is 12.4. The van der Waals surface area contributed by atoms with Crippen LogP contribution in [0.1, 0.15) is 11.6 Å². The van der Waals surface area contributed by atoms with E-state index >= 15 is 0 Å². The number of rotatable bonds is 5. The maximum absolute atomic E-state index is 12.4. The van der Waals surface area contributed by atoms with E-state index in [1.807, 2.05) is 0 Å². The molecule has 0 aromatic heterocycles. The molecule has 1 unspecified atom stereocenters. The maximum atomic E-state index is 12.4. The van der Waals surface area contributed by atoms with Crippen molar-refractivity contribution in [3.8, 4) is 5.75 Å². The number of hydrogen-bond donors (Lipinski definition) is 2. The smallest absolute Gasteiger partial charge is 0.331 e. The molecule has 134 valence electrons. The summed E-state index contributed by atoms with van der Waals surface area (Å²) in [6, 6.07) is 11.9. The molecule has 8 heteroatoms. The highest BCUT2D eigenvalue weighted by Gasteiger charge is 2.28. The third-order valence-electron chi connectivity index (χ3n) is 3.83. The third kappa shape index (κ3) is 3.94. The van der Waals surface area contributed by atoms with E-state index < -0.39 is 23.9 Å². The Kier molecular flexibility index (Phi) is 5.09. The van der Waals surface area contributed by atoms with Crippen LogP contribution >= 0.6 is 11.6 Å². The number of amides is 1. The van der Waals surface area contributed by atoms with Crippen LogP contribution in [-0.4, -0.2) is 36.0 Å². The summed E-state index contributed by atoms with van der Waals surface area (Å²) in [5.41, 5.74) is 0.952. The van der Waals surface area contributed by atoms with Gasteiger partial charge in [-0.05, 0) is 23.8 Å². The van der Waals surface area contributed by atoms with E-state index in [1.54, 1.807) is 48.5 Å². The number of nitrogens with zero attached hydrogens (tertiary/aromatic N) is 1. The Labute approximate surface area is 154 Å². The van der Waals surface area contributed by atoms with Gasteiger partial charge in [-0.3, -0.25) is 4.79 Å². The third-order valence-corrected chi connectivity index (χ3v) is 4.06. The lowest BCUT2D eigenvalue weighted by Crippen LogP contribution is -2.45. The summed E-state index contributed by atoms with van der Waals surface area (Å²) in [6.45, 7) is -0.344. The molecule has 0 bridgehead atoms. The van der Waals surface area contributed by atoms with Crippen molar-refractivity contribution in [3.05, 3.63) is 59.1 Å². The van der Waals surface area contributed by atoms with Crippen LogP contribution in [0.15, 0.2) is 48.5 Å². The zero-order chi connectivity index (χ0) is 18.7. The van der Waals surface area contributed by atoms with Gasteiger partial charge >= 0.3 is 11.9 Å². The summed E-state index contributed by atoms with van der Waals surface area (Å²) in [5, 5.41) is 12.3. The number of carbonyl (C=O) groups is 3. The number of hydrogen-bond acceptors (Lipinski definition) is 5. The van der Waals surface area contributed by atoms with Crippen LogP contribution in [-0.2, 0) is 14.4 Å². The summed E-state index contributed by atoms with van der Waals surface area (Å²) >= 11 is 5.98. The Morgan fingerprint density at radius 1 is 1.23 bits per heavy atom. The lowest BCUT2D eigenvalue weighted by molar-refractivity contribution is -0.142. The Balaban J connectivity index is 1.76. The fourth-order valence-electron chi connectivity index (χ4n) is 2.67. The average molecular weight is 375 g/mol. The molecular weight excluding hydrogens is 360 g/mol. The molecule has 0 saturated carbocycles. The predicted octanol–water partition coefficient (Wildman–Crippen LogP) is 2.01. The van der Waals surface area contributed by atoms with E-state index in [1.165, 1.54) is 4.90 Å². The highest BCUT2D eigenvalue weighted by molar-refractivity contribution is 6.31. The SMILES string of the molecule is O=C(CN1CC(=O)Oc2ccc(Cl)cc21)NC(C(=O)O)c1ccccc1. The quantitative estimate of drug-likeness (QED) is 0.614. The summed E-state index contributed by atoms with van der Waals surface area (Å²) in [5.74, 6) is -1.92. The number of halogens is 1. The first kappa shape index (κ1) is 17.8. The Morgan fingerprint density at radius 3 is 2.65 bits per heavy atom. The monoisotopic (exact) mass is 374 g/mol. The molecule has 1 aliphatic rings. The van der Waals surface area contributed by atoms with Gasteiger partial charge in [0.25, 0.3) is 0 Å². The second kappa shape index (κ2) is 7.45. The van der Waals surface area contributed by atoms with Crippen molar-refractivity contribution in [3.63, 3.8) is 0 Å². The minimum Gasteiger partial charge on any atom is -0.479 e. The minimum atomic E-state index is -1.18. The molecule has 1 aliphatic heterocycles. The van der Waals surface area contributed by atoms with Gasteiger partial charge in [0, 0.05) is 5.02 Å². The van der Waals surface area contributed by atoms with Gasteiger partial charge in [0.2, 0.25) is 5.91 Å². The van der Waals surface area contributed by atoms with Gasteiger partial charge < -0.3 is 20.1 Å². The molecule has 1 amide bonds. The topological polar surface area (TPSA) is 95.9 Å². The Bertz CT molecular complexity index is 856. The molecule has 2 aromatic rings. The van der Waals surface area contributed by atoms with Gasteiger partial charge in [-0.1, -0.05) is 41.9 Å². The highest BCUT2D eigenvalue weighted by atomic mass is 35.5. The fourth-order valence-corrected chi connectivity index (χ4v) is 2.84. The van der Waals surface area contributed by atoms with E-state index in [0.29, 0.717) is 22.0 Å². The number of anilines is 1.